The molecule has 3 rings (SSSR count). The number of sulfone groups is 1. The lowest BCUT2D eigenvalue weighted by atomic mass is 10.0. The number of aliphatic hydroxyl groups excluding tert-OH is 1. The van der Waals surface area contributed by atoms with Crippen LogP contribution in [0.25, 0.3) is 0 Å². The molecule has 1 atom stereocenters. The number of benzene rings is 1. The van der Waals surface area contributed by atoms with Crippen molar-refractivity contribution in [1.82, 2.24) is 5.16 Å². The van der Waals surface area contributed by atoms with E-state index in [1.54, 1.807) is 0 Å². The van der Waals surface area contributed by atoms with Crippen molar-refractivity contribution >= 4 is 9.84 Å². The van der Waals surface area contributed by atoms with E-state index in [0.29, 0.717) is 11.3 Å². The Morgan fingerprint density at radius 3 is 2.67 bits per heavy atom. The molecule has 0 saturated heterocycles. The van der Waals surface area contributed by atoms with Crippen LogP contribution in [-0.2, 0) is 9.84 Å². The number of hydrogen-bond donors (Lipinski definition) is 1. The van der Waals surface area contributed by atoms with Crippen molar-refractivity contribution in [2.45, 2.75) is 29.8 Å². The molecule has 1 fully saturated rings. The number of halogens is 1. The smallest absolute Gasteiger partial charge is 0.175 e. The van der Waals surface area contributed by atoms with Gasteiger partial charge in [0.05, 0.1) is 11.1 Å². The van der Waals surface area contributed by atoms with Crippen molar-refractivity contribution in [2.75, 3.05) is 6.26 Å². The second kappa shape index (κ2) is 4.92. The predicted molar refractivity (Wildman–Crippen MR) is 72.0 cm³/mol. The first-order chi connectivity index (χ1) is 9.88. The standard InChI is InChI=1S/C14H14FNO4S/c1-21(18,19)9-4-5-10(12(15)6-9)13(17)11-7-16-20-14(11)8-2-3-8/h4-8,13,17H,2-3H2,1H3. The Bertz CT molecular complexity index is 780. The topological polar surface area (TPSA) is 80.4 Å². The Kier molecular flexibility index (Phi) is 3.33. The minimum absolute atomic E-state index is 0.00694. The summed E-state index contributed by atoms with van der Waals surface area (Å²) in [5, 5.41) is 14.0. The maximum absolute atomic E-state index is 14.1. The molecular weight excluding hydrogens is 297 g/mol. The molecule has 1 aromatic carbocycles. The summed E-state index contributed by atoms with van der Waals surface area (Å²) in [5.41, 5.74) is 0.441. The Hall–Kier alpha value is -1.73. The lowest BCUT2D eigenvalue weighted by Gasteiger charge is -2.12. The van der Waals surface area contributed by atoms with Gasteiger partial charge in [-0.3, -0.25) is 0 Å². The van der Waals surface area contributed by atoms with Crippen LogP contribution in [0.3, 0.4) is 0 Å². The second-order valence-electron chi connectivity index (χ2n) is 5.28. The minimum atomic E-state index is -3.49. The quantitative estimate of drug-likeness (QED) is 0.936. The number of nitrogens with zero attached hydrogens (tertiary/aromatic N) is 1. The molecule has 0 bridgehead atoms. The fraction of sp³-hybridized carbons (Fsp3) is 0.357. The lowest BCUT2D eigenvalue weighted by Crippen LogP contribution is -2.06. The van der Waals surface area contributed by atoms with E-state index in [-0.39, 0.29) is 16.4 Å². The molecule has 5 nitrogen and oxygen atoms in total. The average molecular weight is 311 g/mol. The molecular formula is C14H14FNO4S. The molecule has 1 heterocycles. The molecule has 7 heteroatoms. The Morgan fingerprint density at radius 1 is 1.38 bits per heavy atom. The molecule has 112 valence electrons. The lowest BCUT2D eigenvalue weighted by molar-refractivity contribution is 0.211. The van der Waals surface area contributed by atoms with Crippen molar-refractivity contribution in [3.8, 4) is 0 Å². The van der Waals surface area contributed by atoms with Crippen LogP contribution in [0.2, 0.25) is 0 Å². The fourth-order valence-electron chi connectivity index (χ4n) is 2.25. The van der Waals surface area contributed by atoms with E-state index >= 15 is 0 Å². The molecule has 2 aromatic rings. The van der Waals surface area contributed by atoms with Crippen LogP contribution in [0.4, 0.5) is 4.39 Å². The molecule has 1 aliphatic carbocycles. The SMILES string of the molecule is CS(=O)(=O)c1ccc(C(O)c2cnoc2C2CC2)c(F)c1. The van der Waals surface area contributed by atoms with Crippen LogP contribution in [-0.4, -0.2) is 24.9 Å². The molecule has 1 N–H and O–H groups in total. The number of aromatic nitrogens is 1. The number of hydrogen-bond acceptors (Lipinski definition) is 5. The molecule has 0 amide bonds. The van der Waals surface area contributed by atoms with Gasteiger partial charge in [-0.1, -0.05) is 11.2 Å². The normalized spacial score (nSPS) is 16.9. The molecule has 1 aromatic heterocycles. The van der Waals surface area contributed by atoms with Crippen molar-refractivity contribution in [3.63, 3.8) is 0 Å². The van der Waals surface area contributed by atoms with Gasteiger partial charge in [-0.25, -0.2) is 12.8 Å². The highest BCUT2D eigenvalue weighted by atomic mass is 32.2. The monoisotopic (exact) mass is 311 g/mol. The van der Waals surface area contributed by atoms with Gasteiger partial charge in [-0.15, -0.1) is 0 Å². The molecule has 1 aliphatic rings. The third-order valence-corrected chi connectivity index (χ3v) is 4.67. The first-order valence-electron chi connectivity index (χ1n) is 6.50. The van der Waals surface area contributed by atoms with Gasteiger partial charge in [0.25, 0.3) is 0 Å². The minimum Gasteiger partial charge on any atom is -0.383 e. The van der Waals surface area contributed by atoms with Crippen LogP contribution in [0.15, 0.2) is 33.8 Å². The number of aliphatic hydroxyl groups is 1. The zero-order chi connectivity index (χ0) is 15.2. The van der Waals surface area contributed by atoms with Gasteiger partial charge in [0.2, 0.25) is 0 Å². The predicted octanol–water partition coefficient (Wildman–Crippen LogP) is 2.18. The maximum Gasteiger partial charge on any atom is 0.175 e. The molecule has 0 spiro atoms. The third kappa shape index (κ3) is 2.71. The molecule has 0 aliphatic heterocycles. The summed E-state index contributed by atoms with van der Waals surface area (Å²) in [7, 11) is -3.49. The first kappa shape index (κ1) is 14.2. The summed E-state index contributed by atoms with van der Waals surface area (Å²) < 4.78 is 42.0. The van der Waals surface area contributed by atoms with Crippen LogP contribution < -0.4 is 0 Å². The van der Waals surface area contributed by atoms with Crippen LogP contribution in [0, 0.1) is 5.82 Å². The van der Waals surface area contributed by atoms with Crippen molar-refractivity contribution < 1.29 is 22.4 Å². The summed E-state index contributed by atoms with van der Waals surface area (Å²) in [4.78, 5) is -0.122. The van der Waals surface area contributed by atoms with Crippen molar-refractivity contribution in [3.05, 3.63) is 47.1 Å². The first-order valence-corrected chi connectivity index (χ1v) is 8.39. The second-order valence-corrected chi connectivity index (χ2v) is 7.29. The van der Waals surface area contributed by atoms with E-state index in [0.717, 1.165) is 25.2 Å². The Labute approximate surface area is 121 Å². The Balaban J connectivity index is 1.98. The van der Waals surface area contributed by atoms with Gasteiger partial charge >= 0.3 is 0 Å². The molecule has 1 unspecified atom stereocenters. The molecule has 0 radical (unpaired) electrons. The van der Waals surface area contributed by atoms with E-state index < -0.39 is 21.8 Å². The maximum atomic E-state index is 14.1. The third-order valence-electron chi connectivity index (χ3n) is 3.56. The van der Waals surface area contributed by atoms with E-state index in [4.69, 9.17) is 4.52 Å². The molecule has 21 heavy (non-hydrogen) atoms. The zero-order valence-corrected chi connectivity index (χ0v) is 12.1. The van der Waals surface area contributed by atoms with Crippen molar-refractivity contribution in [1.29, 1.82) is 0 Å². The van der Waals surface area contributed by atoms with Crippen LogP contribution in [0.5, 0.6) is 0 Å². The summed E-state index contributed by atoms with van der Waals surface area (Å²) >= 11 is 0. The summed E-state index contributed by atoms with van der Waals surface area (Å²) in [6.07, 6.45) is 3.08. The van der Waals surface area contributed by atoms with E-state index in [9.17, 15) is 17.9 Å². The Morgan fingerprint density at radius 2 is 2.10 bits per heavy atom. The zero-order valence-electron chi connectivity index (χ0n) is 11.3. The highest BCUT2D eigenvalue weighted by Crippen LogP contribution is 2.44. The highest BCUT2D eigenvalue weighted by Gasteiger charge is 2.33. The molecule has 1 saturated carbocycles. The van der Waals surface area contributed by atoms with E-state index in [1.807, 2.05) is 0 Å². The van der Waals surface area contributed by atoms with Crippen molar-refractivity contribution in [2.24, 2.45) is 0 Å². The largest absolute Gasteiger partial charge is 0.383 e. The summed E-state index contributed by atoms with van der Waals surface area (Å²) in [6.45, 7) is 0. The van der Waals surface area contributed by atoms with E-state index in [1.165, 1.54) is 18.3 Å². The van der Waals surface area contributed by atoms with Gasteiger partial charge < -0.3 is 9.63 Å². The van der Waals surface area contributed by atoms with Crippen LogP contribution >= 0.6 is 0 Å². The van der Waals surface area contributed by atoms with Gasteiger partial charge in [0.1, 0.15) is 17.7 Å². The van der Waals surface area contributed by atoms with E-state index in [2.05, 4.69) is 5.16 Å². The van der Waals surface area contributed by atoms with Gasteiger partial charge in [0.15, 0.2) is 9.84 Å². The van der Waals surface area contributed by atoms with Gasteiger partial charge in [-0.2, -0.15) is 0 Å². The van der Waals surface area contributed by atoms with Gasteiger partial charge in [-0.05, 0) is 25.0 Å². The highest BCUT2D eigenvalue weighted by molar-refractivity contribution is 7.90. The van der Waals surface area contributed by atoms with Gasteiger partial charge in [0, 0.05) is 23.3 Å². The fourth-order valence-corrected chi connectivity index (χ4v) is 2.88. The summed E-state index contributed by atoms with van der Waals surface area (Å²) in [6, 6.07) is 3.47. The number of rotatable bonds is 4. The average Bonchev–Trinajstić information content (AvgIpc) is 3.14. The summed E-state index contributed by atoms with van der Waals surface area (Å²) in [5.74, 6) is 0.0398. The van der Waals surface area contributed by atoms with Crippen LogP contribution in [0.1, 0.15) is 41.8 Å².